The van der Waals surface area contributed by atoms with Crippen molar-refractivity contribution in [3.05, 3.63) is 67.6 Å². The summed E-state index contributed by atoms with van der Waals surface area (Å²) in [4.78, 5) is 0. The second-order valence-corrected chi connectivity index (χ2v) is 7.54. The van der Waals surface area contributed by atoms with Crippen molar-refractivity contribution >= 4 is 43.5 Å². The summed E-state index contributed by atoms with van der Waals surface area (Å²) in [5.74, 6) is 0.919. The Morgan fingerprint density at radius 3 is 2.52 bits per heavy atom. The molecular formula is C17H16Br2ClN. The van der Waals surface area contributed by atoms with Gasteiger partial charge in [0.05, 0.1) is 0 Å². The summed E-state index contributed by atoms with van der Waals surface area (Å²) in [5.41, 5.74) is 2.67. The van der Waals surface area contributed by atoms with Gasteiger partial charge in [0.25, 0.3) is 0 Å². The van der Waals surface area contributed by atoms with E-state index in [9.17, 15) is 0 Å². The molecule has 1 aliphatic heterocycles. The highest BCUT2D eigenvalue weighted by Crippen LogP contribution is 2.42. The van der Waals surface area contributed by atoms with Gasteiger partial charge in [0, 0.05) is 26.4 Å². The van der Waals surface area contributed by atoms with Crippen LogP contribution in [0.25, 0.3) is 0 Å². The standard InChI is InChI=1S/C17H16Br2ClN/c18-16-4-2-1-3-13(16)15-10-21-8-7-12(15)14-9-11(20)5-6-17(14)19/h1-6,9,12,15,21H,7-8,10H2. The highest BCUT2D eigenvalue weighted by molar-refractivity contribution is 9.10. The Balaban J connectivity index is 2.02. The van der Waals surface area contributed by atoms with E-state index >= 15 is 0 Å². The van der Waals surface area contributed by atoms with Gasteiger partial charge in [-0.15, -0.1) is 0 Å². The summed E-state index contributed by atoms with van der Waals surface area (Å²) in [6.07, 6.45) is 1.12. The number of nitrogens with one attached hydrogen (secondary N) is 1. The molecule has 110 valence electrons. The smallest absolute Gasteiger partial charge is 0.0409 e. The van der Waals surface area contributed by atoms with Crippen LogP contribution < -0.4 is 5.32 Å². The molecular weight excluding hydrogens is 413 g/mol. The molecule has 1 heterocycles. The van der Waals surface area contributed by atoms with Crippen LogP contribution in [0.2, 0.25) is 5.02 Å². The molecule has 2 aromatic carbocycles. The minimum absolute atomic E-state index is 0.448. The number of rotatable bonds is 2. The Morgan fingerprint density at radius 2 is 1.71 bits per heavy atom. The quantitative estimate of drug-likeness (QED) is 0.643. The zero-order valence-electron chi connectivity index (χ0n) is 11.5. The van der Waals surface area contributed by atoms with Crippen molar-refractivity contribution in [3.63, 3.8) is 0 Å². The maximum absolute atomic E-state index is 6.22. The van der Waals surface area contributed by atoms with Crippen LogP contribution in [-0.2, 0) is 0 Å². The van der Waals surface area contributed by atoms with Gasteiger partial charge in [-0.25, -0.2) is 0 Å². The normalized spacial score (nSPS) is 22.2. The van der Waals surface area contributed by atoms with Gasteiger partial charge in [-0.3, -0.25) is 0 Å². The molecule has 0 amide bonds. The van der Waals surface area contributed by atoms with Crippen LogP contribution in [0.3, 0.4) is 0 Å². The van der Waals surface area contributed by atoms with Crippen molar-refractivity contribution in [3.8, 4) is 0 Å². The molecule has 0 aromatic heterocycles. The average molecular weight is 430 g/mol. The van der Waals surface area contributed by atoms with Gasteiger partial charge in [-0.2, -0.15) is 0 Å². The summed E-state index contributed by atoms with van der Waals surface area (Å²) >= 11 is 13.6. The lowest BCUT2D eigenvalue weighted by atomic mass is 9.77. The third-order valence-electron chi connectivity index (χ3n) is 4.14. The van der Waals surface area contributed by atoms with Crippen molar-refractivity contribution < 1.29 is 0 Å². The van der Waals surface area contributed by atoms with Gasteiger partial charge < -0.3 is 5.32 Å². The van der Waals surface area contributed by atoms with Crippen molar-refractivity contribution in [1.29, 1.82) is 0 Å². The second-order valence-electron chi connectivity index (χ2n) is 5.39. The van der Waals surface area contributed by atoms with Crippen molar-refractivity contribution in [2.24, 2.45) is 0 Å². The van der Waals surface area contributed by atoms with Crippen LogP contribution in [0.1, 0.15) is 29.4 Å². The summed E-state index contributed by atoms with van der Waals surface area (Å²) in [7, 11) is 0. The molecule has 2 atom stereocenters. The maximum Gasteiger partial charge on any atom is 0.0409 e. The Bertz CT molecular complexity index is 644. The van der Waals surface area contributed by atoms with E-state index in [4.69, 9.17) is 11.6 Å². The number of halogens is 3. The maximum atomic E-state index is 6.22. The average Bonchev–Trinajstić information content (AvgIpc) is 2.50. The van der Waals surface area contributed by atoms with Crippen molar-refractivity contribution in [2.75, 3.05) is 13.1 Å². The number of hydrogen-bond acceptors (Lipinski definition) is 1. The number of piperidine rings is 1. The van der Waals surface area contributed by atoms with Crippen LogP contribution in [0.4, 0.5) is 0 Å². The molecule has 4 heteroatoms. The molecule has 21 heavy (non-hydrogen) atoms. The molecule has 1 fully saturated rings. The highest BCUT2D eigenvalue weighted by Gasteiger charge is 2.30. The Hall–Kier alpha value is -0.350. The zero-order chi connectivity index (χ0) is 14.8. The molecule has 0 bridgehead atoms. The van der Waals surface area contributed by atoms with E-state index in [1.165, 1.54) is 15.6 Å². The molecule has 1 nitrogen and oxygen atoms in total. The summed E-state index contributed by atoms with van der Waals surface area (Å²) < 4.78 is 2.33. The van der Waals surface area contributed by atoms with Crippen LogP contribution in [0.15, 0.2) is 51.4 Å². The van der Waals surface area contributed by atoms with E-state index in [1.54, 1.807) is 0 Å². The monoisotopic (exact) mass is 427 g/mol. The molecule has 2 unspecified atom stereocenters. The summed E-state index contributed by atoms with van der Waals surface area (Å²) in [6, 6.07) is 14.6. The molecule has 0 saturated carbocycles. The van der Waals surface area contributed by atoms with E-state index in [1.807, 2.05) is 6.07 Å². The summed E-state index contributed by atoms with van der Waals surface area (Å²) in [6.45, 7) is 2.04. The first kappa shape index (κ1) is 15.5. The fourth-order valence-corrected chi connectivity index (χ4v) is 4.43. The largest absolute Gasteiger partial charge is 0.316 e. The van der Waals surface area contributed by atoms with Crippen LogP contribution in [-0.4, -0.2) is 13.1 Å². The van der Waals surface area contributed by atoms with Gasteiger partial charge in [0.15, 0.2) is 0 Å². The zero-order valence-corrected chi connectivity index (χ0v) is 15.4. The van der Waals surface area contributed by atoms with Crippen LogP contribution in [0.5, 0.6) is 0 Å². The van der Waals surface area contributed by atoms with Gasteiger partial charge in [0.2, 0.25) is 0 Å². The van der Waals surface area contributed by atoms with Gasteiger partial charge >= 0.3 is 0 Å². The molecule has 1 N–H and O–H groups in total. The van der Waals surface area contributed by atoms with E-state index < -0.39 is 0 Å². The minimum Gasteiger partial charge on any atom is -0.316 e. The van der Waals surface area contributed by atoms with Crippen molar-refractivity contribution in [2.45, 2.75) is 18.3 Å². The van der Waals surface area contributed by atoms with E-state index in [2.05, 4.69) is 73.6 Å². The second kappa shape index (κ2) is 6.82. The first-order valence-corrected chi connectivity index (χ1v) is 9.03. The molecule has 2 aromatic rings. The topological polar surface area (TPSA) is 12.0 Å². The van der Waals surface area contributed by atoms with E-state index in [0.717, 1.165) is 29.0 Å². The van der Waals surface area contributed by atoms with E-state index in [-0.39, 0.29) is 0 Å². The SMILES string of the molecule is Clc1ccc(Br)c(C2CCNCC2c2ccccc2Br)c1. The summed E-state index contributed by atoms with van der Waals surface area (Å²) in [5, 5.41) is 4.33. The third-order valence-corrected chi connectivity index (χ3v) is 5.82. The van der Waals surface area contributed by atoms with Crippen molar-refractivity contribution in [1.82, 2.24) is 5.32 Å². The third kappa shape index (κ3) is 3.37. The van der Waals surface area contributed by atoms with E-state index in [0.29, 0.717) is 11.8 Å². The predicted molar refractivity (Wildman–Crippen MR) is 96.3 cm³/mol. The fraction of sp³-hybridized carbons (Fsp3) is 0.294. The highest BCUT2D eigenvalue weighted by atomic mass is 79.9. The Kier molecular flexibility index (Phi) is 5.05. The molecule has 0 aliphatic carbocycles. The molecule has 1 aliphatic rings. The molecule has 0 spiro atoms. The first-order valence-electron chi connectivity index (χ1n) is 7.07. The van der Waals surface area contributed by atoms with Gasteiger partial charge in [-0.1, -0.05) is 61.7 Å². The minimum atomic E-state index is 0.448. The molecule has 3 rings (SSSR count). The number of benzene rings is 2. The fourth-order valence-electron chi connectivity index (χ4n) is 3.13. The Labute approximate surface area is 147 Å². The van der Waals surface area contributed by atoms with Crippen LogP contribution in [0, 0.1) is 0 Å². The van der Waals surface area contributed by atoms with Crippen LogP contribution >= 0.6 is 43.5 Å². The lowest BCUT2D eigenvalue weighted by molar-refractivity contribution is 0.402. The molecule has 1 saturated heterocycles. The molecule has 0 radical (unpaired) electrons. The number of hydrogen-bond donors (Lipinski definition) is 1. The Morgan fingerprint density at radius 1 is 0.952 bits per heavy atom. The predicted octanol–water partition coefficient (Wildman–Crippen LogP) is 5.73. The first-order chi connectivity index (χ1) is 10.2. The van der Waals surface area contributed by atoms with Gasteiger partial charge in [-0.05, 0) is 54.3 Å². The lowest BCUT2D eigenvalue weighted by Crippen LogP contribution is -2.34. The van der Waals surface area contributed by atoms with Gasteiger partial charge in [0.1, 0.15) is 0 Å². The lowest BCUT2D eigenvalue weighted by Gasteiger charge is -2.34.